The first-order valence-electron chi connectivity index (χ1n) is 11.0. The third-order valence-electron chi connectivity index (χ3n) is 5.45. The number of nitrogens with zero attached hydrogens (tertiary/aromatic N) is 4. The van der Waals surface area contributed by atoms with Gasteiger partial charge in [0.05, 0.1) is 17.4 Å². The van der Waals surface area contributed by atoms with Crippen molar-refractivity contribution in [3.63, 3.8) is 0 Å². The van der Waals surface area contributed by atoms with E-state index in [0.717, 1.165) is 12.8 Å². The van der Waals surface area contributed by atoms with E-state index in [9.17, 15) is 18.4 Å². The number of fused-ring (bicyclic) bond motifs is 1. The van der Waals surface area contributed by atoms with Crippen molar-refractivity contribution in [2.24, 2.45) is 0 Å². The average molecular weight is 513 g/mol. The first-order chi connectivity index (χ1) is 17.2. The van der Waals surface area contributed by atoms with Crippen LogP contribution >= 0.6 is 11.6 Å². The molecule has 9 nitrogen and oxygen atoms in total. The number of aromatic nitrogens is 4. The second kappa shape index (κ2) is 9.50. The van der Waals surface area contributed by atoms with Crippen molar-refractivity contribution in [2.75, 3.05) is 5.32 Å². The lowest BCUT2D eigenvalue weighted by Gasteiger charge is -2.12. The van der Waals surface area contributed by atoms with Crippen molar-refractivity contribution in [3.8, 4) is 16.9 Å². The number of halogens is 3. The SMILES string of the molecule is O=C(Cn1cnc2cc(C(=O)Nc3ccc(OC(F)(F)Cl)cc3)cc(-c3cncnc3)c21)NC1CC1. The molecule has 0 spiro atoms. The highest BCUT2D eigenvalue weighted by Gasteiger charge is 2.27. The molecular weight excluding hydrogens is 494 g/mol. The van der Waals surface area contributed by atoms with Crippen LogP contribution in [0.4, 0.5) is 14.5 Å². The normalized spacial score (nSPS) is 13.4. The van der Waals surface area contributed by atoms with E-state index in [1.165, 1.54) is 30.6 Å². The predicted octanol–water partition coefficient (Wildman–Crippen LogP) is 4.19. The Kier molecular flexibility index (Phi) is 6.23. The van der Waals surface area contributed by atoms with Crippen LogP contribution in [0.2, 0.25) is 0 Å². The molecule has 5 rings (SSSR count). The van der Waals surface area contributed by atoms with Gasteiger partial charge in [-0.1, -0.05) is 0 Å². The number of amides is 2. The molecule has 1 aliphatic rings. The number of benzene rings is 2. The maximum atomic E-state index is 13.1. The van der Waals surface area contributed by atoms with Gasteiger partial charge in [0.2, 0.25) is 5.91 Å². The van der Waals surface area contributed by atoms with Crippen molar-refractivity contribution >= 4 is 40.1 Å². The van der Waals surface area contributed by atoms with E-state index >= 15 is 0 Å². The van der Waals surface area contributed by atoms with Crippen molar-refractivity contribution in [1.82, 2.24) is 24.8 Å². The van der Waals surface area contributed by atoms with Gasteiger partial charge in [-0.15, -0.1) is 8.78 Å². The zero-order chi connectivity index (χ0) is 25.3. The van der Waals surface area contributed by atoms with Gasteiger partial charge in [0.25, 0.3) is 5.91 Å². The summed E-state index contributed by atoms with van der Waals surface area (Å²) in [5.74, 6) is -0.724. The molecule has 184 valence electrons. The van der Waals surface area contributed by atoms with Crippen LogP contribution in [0.25, 0.3) is 22.2 Å². The van der Waals surface area contributed by atoms with Crippen LogP contribution in [0.1, 0.15) is 23.2 Å². The minimum atomic E-state index is -3.83. The summed E-state index contributed by atoms with van der Waals surface area (Å²) < 4.78 is 31.6. The number of imidazole rings is 1. The van der Waals surface area contributed by atoms with E-state index in [1.54, 1.807) is 35.4 Å². The molecule has 2 aromatic heterocycles. The standard InChI is InChI=1S/C24H19ClF2N6O3/c25-24(26,27)36-18-5-3-17(4-6-18)32-23(35)14-7-19(15-9-28-12-29-10-15)22-20(8-14)30-13-33(22)11-21(34)31-16-1-2-16/h3-10,12-13,16H,1-2,11H2,(H,31,34)(H,32,35). The summed E-state index contributed by atoms with van der Waals surface area (Å²) in [5.41, 5.74) is -0.740. The van der Waals surface area contributed by atoms with Crippen LogP contribution in [-0.2, 0) is 11.3 Å². The van der Waals surface area contributed by atoms with Gasteiger partial charge in [-0.05, 0) is 49.2 Å². The van der Waals surface area contributed by atoms with E-state index in [2.05, 4.69) is 30.3 Å². The van der Waals surface area contributed by atoms with Crippen molar-refractivity contribution in [3.05, 3.63) is 67.0 Å². The summed E-state index contributed by atoms with van der Waals surface area (Å²) in [6.07, 6.45) is 8.13. The van der Waals surface area contributed by atoms with Gasteiger partial charge in [0, 0.05) is 52.4 Å². The van der Waals surface area contributed by atoms with E-state index in [4.69, 9.17) is 11.6 Å². The molecule has 0 atom stereocenters. The fourth-order valence-corrected chi connectivity index (χ4v) is 3.81. The smallest absolute Gasteiger partial charge is 0.420 e. The average Bonchev–Trinajstić information content (AvgIpc) is 3.57. The summed E-state index contributed by atoms with van der Waals surface area (Å²) in [4.78, 5) is 38.0. The lowest BCUT2D eigenvalue weighted by Crippen LogP contribution is -2.29. The molecule has 0 radical (unpaired) electrons. The Labute approximate surface area is 208 Å². The zero-order valence-corrected chi connectivity index (χ0v) is 19.4. The second-order valence-corrected chi connectivity index (χ2v) is 8.70. The molecular formula is C24H19ClF2N6O3. The number of carbonyl (C=O) groups is 2. The number of alkyl halides is 3. The maximum absolute atomic E-state index is 13.1. The van der Waals surface area contributed by atoms with Crippen LogP contribution in [0.3, 0.4) is 0 Å². The van der Waals surface area contributed by atoms with E-state index in [-0.39, 0.29) is 24.2 Å². The molecule has 0 unspecified atom stereocenters. The van der Waals surface area contributed by atoms with Crippen LogP contribution in [-0.4, -0.2) is 42.9 Å². The van der Waals surface area contributed by atoms with Crippen molar-refractivity contribution in [2.45, 2.75) is 31.0 Å². The number of hydrogen-bond acceptors (Lipinski definition) is 6. The molecule has 1 saturated carbocycles. The minimum absolute atomic E-state index is 0.0784. The Bertz CT molecular complexity index is 1420. The first kappa shape index (κ1) is 23.6. The number of ether oxygens (including phenoxy) is 1. The molecule has 0 saturated heterocycles. The highest BCUT2D eigenvalue weighted by Crippen LogP contribution is 2.30. The topological polar surface area (TPSA) is 111 Å². The van der Waals surface area contributed by atoms with Gasteiger partial charge >= 0.3 is 5.57 Å². The summed E-state index contributed by atoms with van der Waals surface area (Å²) in [6, 6.07) is 8.85. The lowest BCUT2D eigenvalue weighted by atomic mass is 10.0. The van der Waals surface area contributed by atoms with Gasteiger partial charge in [0.1, 0.15) is 18.6 Å². The number of anilines is 1. The summed E-state index contributed by atoms with van der Waals surface area (Å²) in [6.45, 7) is 0.0784. The fourth-order valence-electron chi connectivity index (χ4n) is 3.72. The maximum Gasteiger partial charge on any atom is 0.487 e. The Morgan fingerprint density at radius 1 is 1.14 bits per heavy atom. The molecule has 36 heavy (non-hydrogen) atoms. The molecule has 2 amide bonds. The van der Waals surface area contributed by atoms with Crippen molar-refractivity contribution < 1.29 is 23.1 Å². The lowest BCUT2D eigenvalue weighted by molar-refractivity contribution is -0.121. The summed E-state index contributed by atoms with van der Waals surface area (Å²) in [5, 5.41) is 5.67. The van der Waals surface area contributed by atoms with Crippen LogP contribution in [0, 0.1) is 0 Å². The van der Waals surface area contributed by atoms with Crippen LogP contribution in [0.15, 0.2) is 61.4 Å². The molecule has 0 bridgehead atoms. The molecule has 12 heteroatoms. The summed E-state index contributed by atoms with van der Waals surface area (Å²) >= 11 is 4.78. The van der Waals surface area contributed by atoms with Gasteiger partial charge in [-0.2, -0.15) is 0 Å². The monoisotopic (exact) mass is 512 g/mol. The zero-order valence-electron chi connectivity index (χ0n) is 18.6. The minimum Gasteiger partial charge on any atom is -0.420 e. The Hall–Kier alpha value is -4.12. The largest absolute Gasteiger partial charge is 0.487 e. The third-order valence-corrected chi connectivity index (χ3v) is 5.53. The van der Waals surface area contributed by atoms with Gasteiger partial charge in [-0.25, -0.2) is 15.0 Å². The molecule has 2 heterocycles. The molecule has 0 aliphatic heterocycles. The van der Waals surface area contributed by atoms with Crippen LogP contribution < -0.4 is 15.4 Å². The van der Waals surface area contributed by atoms with Gasteiger partial charge in [-0.3, -0.25) is 9.59 Å². The predicted molar refractivity (Wildman–Crippen MR) is 128 cm³/mol. The number of hydrogen-bond donors (Lipinski definition) is 2. The molecule has 2 N–H and O–H groups in total. The highest BCUT2D eigenvalue weighted by molar-refractivity contribution is 6.20. The van der Waals surface area contributed by atoms with Gasteiger partial charge in [0.15, 0.2) is 0 Å². The van der Waals surface area contributed by atoms with Gasteiger partial charge < -0.3 is 19.9 Å². The number of nitrogens with one attached hydrogen (secondary N) is 2. The second-order valence-electron chi connectivity index (χ2n) is 8.26. The molecule has 1 fully saturated rings. The first-order valence-corrected chi connectivity index (χ1v) is 11.3. The number of carbonyl (C=O) groups excluding carboxylic acids is 2. The quantitative estimate of drug-likeness (QED) is 0.342. The Balaban J connectivity index is 1.44. The highest BCUT2D eigenvalue weighted by atomic mass is 35.5. The Morgan fingerprint density at radius 3 is 2.53 bits per heavy atom. The van der Waals surface area contributed by atoms with E-state index in [1.807, 2.05) is 0 Å². The van der Waals surface area contributed by atoms with Crippen LogP contribution in [0.5, 0.6) is 5.75 Å². The fraction of sp³-hybridized carbons (Fsp3) is 0.208. The summed E-state index contributed by atoms with van der Waals surface area (Å²) in [7, 11) is 0. The number of rotatable bonds is 8. The molecule has 1 aliphatic carbocycles. The van der Waals surface area contributed by atoms with Crippen molar-refractivity contribution in [1.29, 1.82) is 0 Å². The Morgan fingerprint density at radius 2 is 1.86 bits per heavy atom. The molecule has 4 aromatic rings. The van der Waals surface area contributed by atoms with E-state index < -0.39 is 11.5 Å². The third kappa shape index (κ3) is 5.57. The molecule has 2 aromatic carbocycles. The van der Waals surface area contributed by atoms with E-state index in [0.29, 0.717) is 33.4 Å².